The second-order valence-corrected chi connectivity index (χ2v) is 14.6. The third kappa shape index (κ3) is 7.49. The van der Waals surface area contributed by atoms with Gasteiger partial charge in [-0.1, -0.05) is 81.1 Å². The van der Waals surface area contributed by atoms with Gasteiger partial charge in [0, 0.05) is 37.2 Å². The number of nitrogens with two attached hydrogens (primary N) is 2. The van der Waals surface area contributed by atoms with Crippen LogP contribution >= 0.6 is 0 Å². The van der Waals surface area contributed by atoms with E-state index in [2.05, 4.69) is 41.9 Å². The van der Waals surface area contributed by atoms with Crippen LogP contribution in [-0.2, 0) is 17.6 Å². The van der Waals surface area contributed by atoms with Crippen LogP contribution in [0.1, 0.15) is 106 Å². The van der Waals surface area contributed by atoms with Gasteiger partial charge in [-0.25, -0.2) is 0 Å². The highest BCUT2D eigenvalue weighted by atomic mass is 16.5. The number of allylic oxidation sites excluding steroid dienone is 1. The van der Waals surface area contributed by atoms with Gasteiger partial charge in [-0.2, -0.15) is 0 Å². The maximum absolute atomic E-state index is 12.8. The molecule has 0 amide bonds. The Kier molecular flexibility index (Phi) is 10.4. The highest BCUT2D eigenvalue weighted by molar-refractivity contribution is 6.09. The van der Waals surface area contributed by atoms with E-state index in [1.807, 2.05) is 42.6 Å². The van der Waals surface area contributed by atoms with Crippen molar-refractivity contribution in [3.63, 3.8) is 0 Å². The Hall–Kier alpha value is -4.38. The van der Waals surface area contributed by atoms with Gasteiger partial charge >= 0.3 is 0 Å². The van der Waals surface area contributed by atoms with Crippen molar-refractivity contribution in [2.45, 2.75) is 109 Å². The first-order valence-corrected chi connectivity index (χ1v) is 18.5. The first-order chi connectivity index (χ1) is 24.7. The maximum atomic E-state index is 12.8. The van der Waals surface area contributed by atoms with Gasteiger partial charge in [0.25, 0.3) is 0 Å². The van der Waals surface area contributed by atoms with Gasteiger partial charge in [-0.05, 0) is 65.6 Å². The Labute approximate surface area is 300 Å². The summed E-state index contributed by atoms with van der Waals surface area (Å²) >= 11 is 0. The first kappa shape index (κ1) is 35.0. The average Bonchev–Trinajstić information content (AvgIpc) is 3.86. The van der Waals surface area contributed by atoms with E-state index in [0.717, 1.165) is 78.5 Å². The zero-order valence-electron chi connectivity index (χ0n) is 29.4. The van der Waals surface area contributed by atoms with Gasteiger partial charge in [0.05, 0.1) is 35.9 Å². The number of carbonyl (C=O) groups is 1. The number of carbonyl (C=O) groups excluding carboxylic acids is 1. The van der Waals surface area contributed by atoms with Crippen LogP contribution in [-0.4, -0.2) is 45.5 Å². The summed E-state index contributed by atoms with van der Waals surface area (Å²) in [6.07, 6.45) is 13.2. The van der Waals surface area contributed by atoms with E-state index in [0.29, 0.717) is 49.3 Å². The number of fused-ring (bicyclic) bond motifs is 6. The number of benzene rings is 2. The van der Waals surface area contributed by atoms with Crippen molar-refractivity contribution in [2.75, 3.05) is 6.54 Å². The number of hydrogen-bond donors (Lipinski definition) is 4. The number of unbranched alkanes of at least 4 members (excludes halogenated alkanes) is 2. The molecule has 2 bridgehead atoms. The molecule has 0 unspecified atom stereocenters. The highest BCUT2D eigenvalue weighted by Gasteiger charge is 2.48. The largest absolute Gasteiger partial charge is 0.465 e. The monoisotopic (exact) mass is 688 g/mol. The van der Waals surface area contributed by atoms with Crippen molar-refractivity contribution < 1.29 is 24.5 Å². The van der Waals surface area contributed by atoms with E-state index in [4.69, 9.17) is 25.9 Å². The fraction of sp³-hybridized carbons (Fsp3) is 0.476. The maximum Gasteiger partial charge on any atom is 0.187 e. The lowest BCUT2D eigenvalue weighted by Crippen LogP contribution is -2.47. The molecule has 0 aromatic heterocycles. The number of aliphatic imine (C=N–C) groups is 1. The number of hydrogen-bond acceptors (Lipinski definition) is 9. The Balaban J connectivity index is 1.23. The number of aliphatic hydroxyl groups excluding tert-OH is 2. The van der Waals surface area contributed by atoms with Gasteiger partial charge in [-0.15, -0.1) is 0 Å². The van der Waals surface area contributed by atoms with Gasteiger partial charge in [-0.3, -0.25) is 9.79 Å². The van der Waals surface area contributed by atoms with Crippen molar-refractivity contribution in [3.05, 3.63) is 82.2 Å². The lowest BCUT2D eigenvalue weighted by atomic mass is 9.73. The summed E-state index contributed by atoms with van der Waals surface area (Å²) in [7, 11) is 0. The fourth-order valence-corrected chi connectivity index (χ4v) is 8.06. The Morgan fingerprint density at radius 2 is 1.96 bits per heavy atom. The molecule has 4 aliphatic heterocycles. The molecule has 0 saturated heterocycles. The molecule has 1 spiro atoms. The molecule has 2 aromatic rings. The fourth-order valence-electron chi connectivity index (χ4n) is 8.06. The topological polar surface area (TPSA) is 144 Å². The van der Waals surface area contributed by atoms with Crippen molar-refractivity contribution in [2.24, 2.45) is 27.8 Å². The minimum atomic E-state index is -1.05. The minimum Gasteiger partial charge on any atom is -0.465 e. The number of rotatable bonds is 10. The number of ether oxygens (including phenoxy) is 2. The third-order valence-electron chi connectivity index (χ3n) is 11.0. The van der Waals surface area contributed by atoms with Crippen molar-refractivity contribution >= 4 is 11.5 Å². The number of aryl methyl sites for hydroxylation is 1. The minimum absolute atomic E-state index is 0.0468. The molecular formula is C42H48N4O5. The molecular weight excluding hydrogens is 640 g/mol. The molecule has 4 heterocycles. The SMILES string of the molecule is CCCCC[C@@H](O)CC(=O)CCc1ccc2c(c1)O[C@@H]1[C@@H](C#C[C@H](O)c3ccc(C(N)N)cc3CC3=CN=C4CN1C=C34)C1(C#CO2)CCCC1. The molecule has 2 aromatic carbocycles. The lowest BCUT2D eigenvalue weighted by molar-refractivity contribution is -0.121. The molecule has 1 fully saturated rings. The molecule has 6 N–H and O–H groups in total. The molecule has 9 heteroatoms. The Morgan fingerprint density at radius 1 is 1.12 bits per heavy atom. The summed E-state index contributed by atoms with van der Waals surface area (Å²) in [6.45, 7) is 2.66. The molecule has 7 rings (SSSR count). The molecule has 1 aliphatic carbocycles. The summed E-state index contributed by atoms with van der Waals surface area (Å²) in [6, 6.07) is 11.4. The Bertz CT molecular complexity index is 1880. The van der Waals surface area contributed by atoms with E-state index in [1.54, 1.807) is 0 Å². The van der Waals surface area contributed by atoms with Gasteiger partial charge in [0.2, 0.25) is 0 Å². The molecule has 0 radical (unpaired) electrons. The zero-order chi connectivity index (χ0) is 35.5. The molecule has 4 atom stereocenters. The van der Waals surface area contributed by atoms with Gasteiger partial charge in [0.15, 0.2) is 17.7 Å². The number of aliphatic hydroxyl groups is 2. The summed E-state index contributed by atoms with van der Waals surface area (Å²) in [5.41, 5.74) is 18.0. The highest BCUT2D eigenvalue weighted by Crippen LogP contribution is 2.49. The van der Waals surface area contributed by atoms with E-state index < -0.39 is 35.9 Å². The van der Waals surface area contributed by atoms with Crippen LogP contribution in [0.25, 0.3) is 0 Å². The van der Waals surface area contributed by atoms with Crippen molar-refractivity contribution in [1.29, 1.82) is 0 Å². The quantitative estimate of drug-likeness (QED) is 0.146. The van der Waals surface area contributed by atoms with Crippen LogP contribution in [0.15, 0.2) is 64.9 Å². The zero-order valence-corrected chi connectivity index (χ0v) is 29.4. The summed E-state index contributed by atoms with van der Waals surface area (Å²) in [4.78, 5) is 19.8. The molecule has 1 saturated carbocycles. The van der Waals surface area contributed by atoms with E-state index in [1.165, 1.54) is 0 Å². The smallest absolute Gasteiger partial charge is 0.187 e. The van der Waals surface area contributed by atoms with Gasteiger partial charge < -0.3 is 36.1 Å². The predicted molar refractivity (Wildman–Crippen MR) is 196 cm³/mol. The van der Waals surface area contributed by atoms with Crippen LogP contribution in [0.3, 0.4) is 0 Å². The molecule has 51 heavy (non-hydrogen) atoms. The van der Waals surface area contributed by atoms with E-state index >= 15 is 0 Å². The van der Waals surface area contributed by atoms with Gasteiger partial charge in [0.1, 0.15) is 18.0 Å². The molecule has 266 valence electrons. The van der Waals surface area contributed by atoms with E-state index in [-0.39, 0.29) is 12.2 Å². The number of ketones is 1. The molecule has 9 nitrogen and oxygen atoms in total. The van der Waals surface area contributed by atoms with Crippen LogP contribution in [0.2, 0.25) is 0 Å². The third-order valence-corrected chi connectivity index (χ3v) is 11.0. The summed E-state index contributed by atoms with van der Waals surface area (Å²) in [5.74, 6) is 10.9. The van der Waals surface area contributed by atoms with Crippen molar-refractivity contribution in [1.82, 2.24) is 4.90 Å². The summed E-state index contributed by atoms with van der Waals surface area (Å²) in [5, 5.41) is 22.0. The van der Waals surface area contributed by atoms with Crippen LogP contribution in [0, 0.1) is 35.2 Å². The van der Waals surface area contributed by atoms with Crippen LogP contribution in [0.4, 0.5) is 0 Å². The standard InChI is InChI=1S/C42H48N4O5/c1-2-3-4-7-31(47)23-32(48)11-8-27-9-15-38-39(20-27)51-41-35(42(18-19-50-38)16-5-6-17-42)13-14-37(49)33-12-10-28(40(43)44)21-29(33)22-30-24-45-36-26-46(41)25-34(30)36/h9-10,12,15,20-21,24-25,31,35,37,40-41,47,49H,2-8,11,16-17,22-23,26,43-44H2,1H3/t31-,35-,37+,41-/m1/s1. The second-order valence-electron chi connectivity index (χ2n) is 14.6. The number of Topliss-reactive ketones (excluding diaryl/α,β-unsaturated/α-hetero) is 1. The van der Waals surface area contributed by atoms with Crippen molar-refractivity contribution in [3.8, 4) is 35.4 Å². The Morgan fingerprint density at radius 3 is 2.76 bits per heavy atom. The predicted octanol–water partition coefficient (Wildman–Crippen LogP) is 5.50. The lowest BCUT2D eigenvalue weighted by Gasteiger charge is -2.39. The van der Waals surface area contributed by atoms with E-state index in [9.17, 15) is 15.0 Å². The van der Waals surface area contributed by atoms with Crippen LogP contribution in [0.5, 0.6) is 11.5 Å². The first-order valence-electron chi connectivity index (χ1n) is 18.5. The van der Waals surface area contributed by atoms with Crippen LogP contribution < -0.4 is 20.9 Å². The molecule has 5 aliphatic rings. The number of nitrogens with zero attached hydrogens (tertiary/aromatic N) is 2. The summed E-state index contributed by atoms with van der Waals surface area (Å²) < 4.78 is 13.1. The second kappa shape index (κ2) is 15.1. The normalized spacial score (nSPS) is 23.1. The average molecular weight is 689 g/mol.